The second-order valence-electron chi connectivity index (χ2n) is 20.1. The summed E-state index contributed by atoms with van der Waals surface area (Å²) in [6.45, 7) is 15.7. The number of ether oxygens (including phenoxy) is 1. The maximum Gasteiger partial charge on any atom is 0.180 e. The Morgan fingerprint density at radius 3 is 1.16 bits per heavy atom. The average molecular weight is 1290 g/mol. The summed E-state index contributed by atoms with van der Waals surface area (Å²) in [6.07, 6.45) is 59.2. The minimum atomic E-state index is 0.889. The molecule has 24 heteroatoms. The lowest BCUT2D eigenvalue weighted by Crippen LogP contribution is -2.47. The van der Waals surface area contributed by atoms with Gasteiger partial charge in [0, 0.05) is 119 Å². The van der Waals surface area contributed by atoms with Crippen molar-refractivity contribution in [2.75, 3.05) is 92.1 Å². The first-order valence-corrected chi connectivity index (χ1v) is 33.5. The van der Waals surface area contributed by atoms with Crippen molar-refractivity contribution >= 4 is 45.8 Å². The second kappa shape index (κ2) is 66.7. The van der Waals surface area contributed by atoms with Crippen molar-refractivity contribution in [2.24, 2.45) is 9.98 Å². The molecule has 0 bridgehead atoms. The molecule has 2 aromatic carbocycles. The third-order valence-corrected chi connectivity index (χ3v) is 12.7. The molecule has 0 unspecified atom stereocenters. The Hall–Kier alpha value is -8.17. The number of benzene rings is 2. The molecular formula is C69H103N21O2S. The molecule has 6 saturated heterocycles. The first-order chi connectivity index (χ1) is 46.4. The minimum absolute atomic E-state index is 0.889. The van der Waals surface area contributed by atoms with Crippen LogP contribution in [0.5, 0.6) is 0 Å². The van der Waals surface area contributed by atoms with E-state index >= 15 is 0 Å². The van der Waals surface area contributed by atoms with Gasteiger partial charge in [-0.3, -0.25) is 55.8 Å². The Balaban J connectivity index is 0.000000260. The van der Waals surface area contributed by atoms with Crippen molar-refractivity contribution in [1.29, 1.82) is 0 Å². The number of imidazole rings is 1. The van der Waals surface area contributed by atoms with Crippen LogP contribution in [0.1, 0.15) is 103 Å². The summed E-state index contributed by atoms with van der Waals surface area (Å²) >= 11 is 1.60. The summed E-state index contributed by atoms with van der Waals surface area (Å²) in [6, 6.07) is 21.5. The SMILES string of the molecule is C1=CCN=C1.C1=CN=CC1.C1CC1.C1CCNC1.C1CCNCC1.C1CCNCC1.C1CCOCC1.C1CNC1.C1NCNCN1.c1ccc2[nH]cnc2c1.c1ccc2nccnc2c1.c1ccncc1.c1cnccn1.c1cocn1.c1cscn1.c1ncncn1. The monoisotopic (exact) mass is 1290 g/mol. The fraction of sp³-hybridized carbons (Fsp3) is 0.435. The number of aliphatic imine (C=N–C) groups is 2. The zero-order valence-electron chi connectivity index (χ0n) is 54.5. The first kappa shape index (κ1) is 79.1. The number of nitrogens with zero attached hydrogens (tertiary/aromatic N) is 13. The van der Waals surface area contributed by atoms with Crippen LogP contribution < -0.4 is 37.2 Å². The lowest BCUT2D eigenvalue weighted by Gasteiger charge is -2.13. The van der Waals surface area contributed by atoms with Crippen molar-refractivity contribution in [3.8, 4) is 0 Å². The Kier molecular flexibility index (Phi) is 56.7. The number of hydrogen-bond acceptors (Lipinski definition) is 23. The summed E-state index contributed by atoms with van der Waals surface area (Å²) in [7, 11) is 0. The van der Waals surface area contributed by atoms with Crippen LogP contribution in [-0.2, 0) is 4.74 Å². The molecule has 0 amide bonds. The van der Waals surface area contributed by atoms with Crippen molar-refractivity contribution in [3.05, 3.63) is 202 Å². The van der Waals surface area contributed by atoms with Gasteiger partial charge in [0.25, 0.3) is 0 Å². The van der Waals surface area contributed by atoms with Gasteiger partial charge >= 0.3 is 0 Å². The largest absolute Gasteiger partial charge is 0.452 e. The van der Waals surface area contributed by atoms with Crippen LogP contribution in [0.2, 0.25) is 0 Å². The highest BCUT2D eigenvalue weighted by molar-refractivity contribution is 7.07. The maximum absolute atomic E-state index is 5.07. The quantitative estimate of drug-likeness (QED) is 0.0700. The topological polar surface area (TPSA) is 289 Å². The fourth-order valence-electron chi connectivity index (χ4n) is 7.07. The lowest BCUT2D eigenvalue weighted by molar-refractivity contribution is 0.0968. The van der Waals surface area contributed by atoms with Gasteiger partial charge in [-0.15, -0.1) is 11.3 Å². The minimum Gasteiger partial charge on any atom is -0.452 e. The summed E-state index contributed by atoms with van der Waals surface area (Å²) in [4.78, 5) is 52.1. The third kappa shape index (κ3) is 57.5. The molecule has 18 rings (SSSR count). The van der Waals surface area contributed by atoms with E-state index < -0.39 is 0 Å². The molecule has 23 nitrogen and oxygen atoms in total. The number of allylic oxidation sites excluding steroid dienone is 2. The Labute approximate surface area is 556 Å². The molecule has 7 fully saturated rings. The van der Waals surface area contributed by atoms with Gasteiger partial charge in [0.15, 0.2) is 6.39 Å². The molecule has 9 aliphatic rings. The molecule has 15 heterocycles. The maximum atomic E-state index is 5.07. The number of thiazole rings is 1. The molecule has 1 saturated carbocycles. The summed E-state index contributed by atoms with van der Waals surface area (Å²) in [5.41, 5.74) is 5.81. The summed E-state index contributed by atoms with van der Waals surface area (Å²) in [5, 5.41) is 24.0. The highest BCUT2D eigenvalue weighted by Gasteiger charge is 1.98. The summed E-state index contributed by atoms with van der Waals surface area (Å²) in [5.74, 6) is 0. The van der Waals surface area contributed by atoms with E-state index in [1.807, 2.05) is 96.6 Å². The van der Waals surface area contributed by atoms with Crippen LogP contribution in [0.15, 0.2) is 216 Å². The molecule has 7 aromatic heterocycles. The number of rotatable bonds is 0. The van der Waals surface area contributed by atoms with E-state index in [9.17, 15) is 0 Å². The molecule has 0 spiro atoms. The van der Waals surface area contributed by atoms with Crippen molar-refractivity contribution in [1.82, 2.24) is 97.0 Å². The van der Waals surface area contributed by atoms with Crippen LogP contribution in [0.4, 0.5) is 0 Å². The van der Waals surface area contributed by atoms with E-state index in [4.69, 9.17) is 4.74 Å². The molecule has 9 aromatic rings. The predicted octanol–water partition coefficient (Wildman–Crippen LogP) is 10.9. The molecule has 8 aliphatic heterocycles. The zero-order valence-corrected chi connectivity index (χ0v) is 55.3. The molecular weight excluding hydrogens is 1190 g/mol. The number of para-hydroxylation sites is 4. The first-order valence-electron chi connectivity index (χ1n) is 32.6. The van der Waals surface area contributed by atoms with Gasteiger partial charge in [-0.25, -0.2) is 24.9 Å². The van der Waals surface area contributed by atoms with Crippen LogP contribution >= 0.6 is 11.3 Å². The van der Waals surface area contributed by atoms with E-state index in [-0.39, 0.29) is 0 Å². The number of hydrogen-bond donors (Lipinski definition) is 8. The van der Waals surface area contributed by atoms with E-state index in [1.54, 1.807) is 97.6 Å². The van der Waals surface area contributed by atoms with Crippen LogP contribution in [0, 0.1) is 0 Å². The predicted molar refractivity (Wildman–Crippen MR) is 381 cm³/mol. The molecule has 0 atom stereocenters. The van der Waals surface area contributed by atoms with Crippen molar-refractivity contribution < 1.29 is 9.15 Å². The standard InChI is InChI=1S/C8H6N2.C7H6N2.2C5H11N.C5H5N.C5H10O.C4H4N2.C4H9N.2C4H5N.C3H9N3.C3H3N3.C3H3NO.C3H3NS.C3H7N.C3H6/c1-2-4-8-7(3-1)9-5-6-10-8;1-2-4-7-6(3-1)8-5-9-7;4*1-2-4-6-5-3-1;1-2-6-4-3-5-1;3*1-2-4-5-3-1;2*1-4-2-6-3-5-1;2*1-2-5-3-4-1;1-2-4-3-1;1-2-3-1/h1-6H;1-5H,(H,8,9);2*6H,1-5H2;1-5H;1-5H2;1-4H;5H,1-4H2;1,3-4H,2H2;1-3H,4H2;4-6H,1-3H2;1-3H;2*1-3H;4H,1-3H2;1-3H2. The van der Waals surface area contributed by atoms with Gasteiger partial charge in [0.2, 0.25) is 0 Å². The summed E-state index contributed by atoms with van der Waals surface area (Å²) < 4.78 is 9.54. The highest BCUT2D eigenvalue weighted by atomic mass is 32.1. The third-order valence-electron chi connectivity index (χ3n) is 12.2. The van der Waals surface area contributed by atoms with Crippen LogP contribution in [-0.4, -0.2) is 164 Å². The number of pyridine rings is 1. The lowest BCUT2D eigenvalue weighted by atomic mass is 10.2. The number of aromatic amines is 1. The molecule has 93 heavy (non-hydrogen) atoms. The Morgan fingerprint density at radius 1 is 0.409 bits per heavy atom. The van der Waals surface area contributed by atoms with Crippen LogP contribution in [0.3, 0.4) is 0 Å². The number of oxazole rings is 1. The molecule has 8 N–H and O–H groups in total. The Bertz CT molecular complexity index is 2460. The van der Waals surface area contributed by atoms with Gasteiger partial charge < -0.3 is 35.4 Å². The number of piperidine rings is 2. The van der Waals surface area contributed by atoms with Gasteiger partial charge in [-0.2, -0.15) is 0 Å². The molecule has 1 aliphatic carbocycles. The van der Waals surface area contributed by atoms with E-state index in [1.165, 1.54) is 180 Å². The Morgan fingerprint density at radius 2 is 0.914 bits per heavy atom. The normalized spacial score (nSPS) is 15.7. The van der Waals surface area contributed by atoms with Gasteiger partial charge in [0.05, 0.1) is 46.6 Å². The van der Waals surface area contributed by atoms with E-state index in [0.717, 1.165) is 68.3 Å². The van der Waals surface area contributed by atoms with E-state index in [2.05, 4.69) is 111 Å². The fourth-order valence-corrected chi connectivity index (χ4v) is 7.42. The average Bonchev–Trinajstić information content (AvgIpc) is 3.34. The molecule has 502 valence electrons. The van der Waals surface area contributed by atoms with E-state index in [0.29, 0.717) is 0 Å². The number of aromatic nitrogens is 12. The van der Waals surface area contributed by atoms with Crippen LogP contribution in [0.25, 0.3) is 22.1 Å². The van der Waals surface area contributed by atoms with Crippen molar-refractivity contribution in [2.45, 2.75) is 103 Å². The molecule has 0 radical (unpaired) electrons. The number of H-pyrrole nitrogens is 1. The van der Waals surface area contributed by atoms with Gasteiger partial charge in [-0.1, -0.05) is 74.6 Å². The van der Waals surface area contributed by atoms with Crippen molar-refractivity contribution in [3.63, 3.8) is 0 Å². The zero-order chi connectivity index (χ0) is 65.2. The highest BCUT2D eigenvalue weighted by Crippen LogP contribution is 2.15. The van der Waals surface area contributed by atoms with Gasteiger partial charge in [0.1, 0.15) is 25.2 Å². The smallest absolute Gasteiger partial charge is 0.180 e. The number of nitrogens with one attached hydrogen (secondary N) is 8. The second-order valence-corrected chi connectivity index (χ2v) is 20.9. The van der Waals surface area contributed by atoms with Gasteiger partial charge in [-0.05, 0) is 159 Å². The number of fused-ring (bicyclic) bond motifs is 2.